The number of pyridine rings is 1. The number of amides is 1. The number of carbonyl (C=O) groups is 1. The molecular formula is C16H26N4O. The van der Waals surface area contributed by atoms with Crippen LogP contribution in [0.15, 0.2) is 24.5 Å². The monoisotopic (exact) mass is 290 g/mol. The first-order valence-electron chi connectivity index (χ1n) is 7.66. The fraction of sp³-hybridized carbons (Fsp3) is 0.625. The van der Waals surface area contributed by atoms with Crippen molar-refractivity contribution in [1.29, 1.82) is 0 Å². The average molecular weight is 290 g/mol. The summed E-state index contributed by atoms with van der Waals surface area (Å²) in [6, 6.07) is 4.53. The molecule has 1 atom stereocenters. The summed E-state index contributed by atoms with van der Waals surface area (Å²) in [5, 5.41) is 2.73. The lowest BCUT2D eigenvalue weighted by atomic mass is 10.0. The van der Waals surface area contributed by atoms with E-state index in [1.54, 1.807) is 7.05 Å². The minimum absolute atomic E-state index is 0.0649. The van der Waals surface area contributed by atoms with Gasteiger partial charge in [-0.15, -0.1) is 0 Å². The summed E-state index contributed by atoms with van der Waals surface area (Å²) in [7, 11) is 3.75. The highest BCUT2D eigenvalue weighted by molar-refractivity contribution is 5.80. The van der Waals surface area contributed by atoms with E-state index in [0.717, 1.165) is 32.5 Å². The van der Waals surface area contributed by atoms with E-state index in [1.165, 1.54) is 5.56 Å². The van der Waals surface area contributed by atoms with Crippen molar-refractivity contribution >= 4 is 5.91 Å². The van der Waals surface area contributed by atoms with Gasteiger partial charge in [0.1, 0.15) is 0 Å². The molecule has 0 spiro atoms. The molecular weight excluding hydrogens is 264 g/mol. The number of aromatic nitrogens is 1. The van der Waals surface area contributed by atoms with E-state index in [9.17, 15) is 4.79 Å². The molecule has 1 amide bonds. The maximum atomic E-state index is 11.7. The Morgan fingerprint density at radius 2 is 2.24 bits per heavy atom. The molecule has 2 rings (SSSR count). The van der Waals surface area contributed by atoms with Crippen molar-refractivity contribution in [2.75, 3.05) is 27.2 Å². The van der Waals surface area contributed by atoms with Crippen LogP contribution in [0.5, 0.6) is 0 Å². The highest BCUT2D eigenvalue weighted by atomic mass is 16.2. The van der Waals surface area contributed by atoms with E-state index in [0.29, 0.717) is 6.04 Å². The summed E-state index contributed by atoms with van der Waals surface area (Å²) in [5.41, 5.74) is 1.27. The Balaban J connectivity index is 1.81. The first-order chi connectivity index (χ1) is 10.1. The third-order valence-electron chi connectivity index (χ3n) is 4.50. The van der Waals surface area contributed by atoms with Gasteiger partial charge in [0.05, 0.1) is 6.04 Å². The molecule has 2 heterocycles. The molecule has 1 saturated heterocycles. The zero-order chi connectivity index (χ0) is 15.2. The minimum atomic E-state index is -0.0649. The fourth-order valence-corrected chi connectivity index (χ4v) is 2.94. The number of nitrogens with zero attached hydrogens (tertiary/aromatic N) is 3. The fourth-order valence-electron chi connectivity index (χ4n) is 2.94. The number of hydrogen-bond acceptors (Lipinski definition) is 4. The Bertz CT molecular complexity index is 443. The predicted molar refractivity (Wildman–Crippen MR) is 83.8 cm³/mol. The number of nitrogens with one attached hydrogen (secondary N) is 1. The molecule has 1 N–H and O–H groups in total. The summed E-state index contributed by atoms with van der Waals surface area (Å²) in [6.07, 6.45) is 5.97. The van der Waals surface area contributed by atoms with E-state index in [1.807, 2.05) is 25.4 Å². The average Bonchev–Trinajstić information content (AvgIpc) is 2.54. The van der Waals surface area contributed by atoms with Crippen LogP contribution in [0.2, 0.25) is 0 Å². The summed E-state index contributed by atoms with van der Waals surface area (Å²) in [6.45, 7) is 5.09. The van der Waals surface area contributed by atoms with Crippen LogP contribution in [0, 0.1) is 0 Å². The molecule has 5 heteroatoms. The molecule has 1 aromatic heterocycles. The second kappa shape index (κ2) is 7.52. The second-order valence-electron chi connectivity index (χ2n) is 5.82. The molecule has 0 saturated carbocycles. The quantitative estimate of drug-likeness (QED) is 0.882. The summed E-state index contributed by atoms with van der Waals surface area (Å²) >= 11 is 0. The molecule has 1 fully saturated rings. The van der Waals surface area contributed by atoms with Crippen molar-refractivity contribution in [3.05, 3.63) is 30.1 Å². The molecule has 0 aromatic carbocycles. The van der Waals surface area contributed by atoms with Crippen LogP contribution in [0.3, 0.4) is 0 Å². The SMILES string of the molecule is CNC(=O)[C@H](C)N(C)C1CCN(Cc2cccnc2)CC1. The zero-order valence-electron chi connectivity index (χ0n) is 13.2. The van der Waals surface area contributed by atoms with Crippen LogP contribution in [0.1, 0.15) is 25.3 Å². The van der Waals surface area contributed by atoms with Gasteiger partial charge in [-0.3, -0.25) is 19.6 Å². The summed E-state index contributed by atoms with van der Waals surface area (Å²) in [4.78, 5) is 20.6. The van der Waals surface area contributed by atoms with E-state index in [4.69, 9.17) is 0 Å². The minimum Gasteiger partial charge on any atom is -0.358 e. The number of piperidine rings is 1. The van der Waals surface area contributed by atoms with Crippen LogP contribution >= 0.6 is 0 Å². The van der Waals surface area contributed by atoms with Gasteiger partial charge in [-0.25, -0.2) is 0 Å². The third-order valence-corrected chi connectivity index (χ3v) is 4.50. The van der Waals surface area contributed by atoms with Crippen molar-refractivity contribution in [1.82, 2.24) is 20.1 Å². The van der Waals surface area contributed by atoms with E-state index in [-0.39, 0.29) is 11.9 Å². The first-order valence-corrected chi connectivity index (χ1v) is 7.66. The predicted octanol–water partition coefficient (Wildman–Crippen LogP) is 1.11. The molecule has 1 aliphatic rings. The van der Waals surface area contributed by atoms with Gasteiger partial charge in [-0.05, 0) is 51.5 Å². The van der Waals surface area contributed by atoms with E-state index >= 15 is 0 Å². The van der Waals surface area contributed by atoms with Gasteiger partial charge < -0.3 is 5.32 Å². The number of hydrogen-bond donors (Lipinski definition) is 1. The highest BCUT2D eigenvalue weighted by Gasteiger charge is 2.27. The third kappa shape index (κ3) is 4.25. The largest absolute Gasteiger partial charge is 0.358 e. The lowest BCUT2D eigenvalue weighted by Crippen LogP contribution is -2.50. The van der Waals surface area contributed by atoms with Crippen LogP contribution in [-0.2, 0) is 11.3 Å². The smallest absolute Gasteiger partial charge is 0.236 e. The Kier molecular flexibility index (Phi) is 5.70. The lowest BCUT2D eigenvalue weighted by Gasteiger charge is -2.38. The van der Waals surface area contributed by atoms with Crippen molar-refractivity contribution in [3.8, 4) is 0 Å². The van der Waals surface area contributed by atoms with E-state index < -0.39 is 0 Å². The van der Waals surface area contributed by atoms with Crippen LogP contribution in [0.25, 0.3) is 0 Å². The van der Waals surface area contributed by atoms with Crippen molar-refractivity contribution in [3.63, 3.8) is 0 Å². The van der Waals surface area contributed by atoms with Crippen LogP contribution in [-0.4, -0.2) is 60.0 Å². The maximum Gasteiger partial charge on any atom is 0.236 e. The second-order valence-corrected chi connectivity index (χ2v) is 5.82. The Hall–Kier alpha value is -1.46. The summed E-state index contributed by atoms with van der Waals surface area (Å²) < 4.78 is 0. The summed E-state index contributed by atoms with van der Waals surface area (Å²) in [5.74, 6) is 0.0929. The molecule has 5 nitrogen and oxygen atoms in total. The molecule has 0 bridgehead atoms. The Morgan fingerprint density at radius 1 is 1.52 bits per heavy atom. The van der Waals surface area contributed by atoms with Gasteiger partial charge in [0.25, 0.3) is 0 Å². The lowest BCUT2D eigenvalue weighted by molar-refractivity contribution is -0.126. The number of carbonyl (C=O) groups excluding carboxylic acids is 1. The number of likely N-dealkylation sites (N-methyl/N-ethyl adjacent to an activating group) is 2. The van der Waals surface area contributed by atoms with Crippen molar-refractivity contribution < 1.29 is 4.79 Å². The van der Waals surface area contributed by atoms with Crippen molar-refractivity contribution in [2.45, 2.75) is 38.4 Å². The van der Waals surface area contributed by atoms with Gasteiger partial charge in [-0.1, -0.05) is 6.07 Å². The van der Waals surface area contributed by atoms with Gasteiger partial charge in [0.15, 0.2) is 0 Å². The van der Waals surface area contributed by atoms with Gasteiger partial charge in [-0.2, -0.15) is 0 Å². The van der Waals surface area contributed by atoms with Gasteiger partial charge in [0, 0.05) is 32.0 Å². The standard InChI is InChI=1S/C16H26N4O/c1-13(16(21)17-2)19(3)15-6-9-20(10-7-15)12-14-5-4-8-18-11-14/h4-5,8,11,13,15H,6-7,9-10,12H2,1-3H3,(H,17,21)/t13-/m0/s1. The zero-order valence-corrected chi connectivity index (χ0v) is 13.2. The Morgan fingerprint density at radius 3 is 2.81 bits per heavy atom. The Labute approximate surface area is 127 Å². The van der Waals surface area contributed by atoms with E-state index in [2.05, 4.69) is 33.2 Å². The molecule has 1 aliphatic heterocycles. The molecule has 0 unspecified atom stereocenters. The molecule has 1 aromatic rings. The molecule has 116 valence electrons. The van der Waals surface area contributed by atoms with Gasteiger partial charge >= 0.3 is 0 Å². The first kappa shape index (κ1) is 15.9. The van der Waals surface area contributed by atoms with Crippen LogP contribution < -0.4 is 5.32 Å². The topological polar surface area (TPSA) is 48.5 Å². The molecule has 21 heavy (non-hydrogen) atoms. The van der Waals surface area contributed by atoms with Crippen LogP contribution in [0.4, 0.5) is 0 Å². The van der Waals surface area contributed by atoms with Crippen molar-refractivity contribution in [2.24, 2.45) is 0 Å². The maximum absolute atomic E-state index is 11.7. The highest BCUT2D eigenvalue weighted by Crippen LogP contribution is 2.19. The van der Waals surface area contributed by atoms with Gasteiger partial charge in [0.2, 0.25) is 5.91 Å². The number of likely N-dealkylation sites (tertiary alicyclic amines) is 1. The normalized spacial score (nSPS) is 18.7. The molecule has 0 aliphatic carbocycles. The molecule has 0 radical (unpaired) electrons. The number of rotatable bonds is 5.